The summed E-state index contributed by atoms with van der Waals surface area (Å²) in [5.74, 6) is 1.67. The van der Waals surface area contributed by atoms with Crippen LogP contribution >= 0.6 is 11.6 Å². The van der Waals surface area contributed by atoms with Gasteiger partial charge in [-0.1, -0.05) is 28.9 Å². The Hall–Kier alpha value is -1.39. The summed E-state index contributed by atoms with van der Waals surface area (Å²) in [6.07, 6.45) is 0. The summed E-state index contributed by atoms with van der Waals surface area (Å²) in [6.45, 7) is 1.83. The largest absolute Gasteiger partial charge is 0.339 e. The molecule has 0 saturated carbocycles. The van der Waals surface area contributed by atoms with Gasteiger partial charge in [-0.05, 0) is 12.1 Å². The molecule has 1 N–H and O–H groups in total. The highest BCUT2D eigenvalue weighted by Gasteiger charge is 2.25. The smallest absolute Gasteiger partial charge is 0.232 e. The Morgan fingerprint density at radius 3 is 2.94 bits per heavy atom. The Bertz CT molecular complexity index is 507. The van der Waals surface area contributed by atoms with Crippen molar-refractivity contribution >= 4 is 11.6 Å². The Morgan fingerprint density at radius 1 is 1.38 bits per heavy atom. The first kappa shape index (κ1) is 9.81. The number of benzene rings is 1. The predicted octanol–water partition coefficient (Wildman–Crippen LogP) is 2.08. The van der Waals surface area contributed by atoms with E-state index in [1.54, 1.807) is 0 Å². The van der Waals surface area contributed by atoms with Crippen molar-refractivity contribution < 1.29 is 4.52 Å². The number of hydrogen-bond acceptors (Lipinski definition) is 4. The van der Waals surface area contributed by atoms with Gasteiger partial charge in [-0.15, -0.1) is 0 Å². The molecule has 3 rings (SSSR count). The van der Waals surface area contributed by atoms with Gasteiger partial charge in [-0.2, -0.15) is 4.98 Å². The molecule has 2 heterocycles. The van der Waals surface area contributed by atoms with Crippen LogP contribution in [0.4, 0.5) is 0 Å². The second-order valence-corrected chi connectivity index (χ2v) is 4.26. The average molecular weight is 236 g/mol. The second-order valence-electron chi connectivity index (χ2n) is 3.82. The maximum atomic E-state index is 5.91. The van der Waals surface area contributed by atoms with Gasteiger partial charge in [0.15, 0.2) is 0 Å². The molecule has 1 aliphatic rings. The zero-order chi connectivity index (χ0) is 11.0. The van der Waals surface area contributed by atoms with Crippen LogP contribution in [0.5, 0.6) is 0 Å². The van der Waals surface area contributed by atoms with Crippen molar-refractivity contribution in [3.8, 4) is 11.4 Å². The Morgan fingerprint density at radius 2 is 2.25 bits per heavy atom. The number of aromatic nitrogens is 2. The summed E-state index contributed by atoms with van der Waals surface area (Å²) in [7, 11) is 0. The zero-order valence-electron chi connectivity index (χ0n) is 8.48. The minimum absolute atomic E-state index is 0.362. The van der Waals surface area contributed by atoms with Crippen molar-refractivity contribution in [1.82, 2.24) is 15.5 Å². The number of rotatable bonds is 2. The fourth-order valence-corrected chi connectivity index (χ4v) is 1.80. The number of halogens is 1. The van der Waals surface area contributed by atoms with E-state index in [9.17, 15) is 0 Å². The molecule has 82 valence electrons. The Balaban J connectivity index is 1.91. The summed E-state index contributed by atoms with van der Waals surface area (Å²) in [5, 5.41) is 7.80. The average Bonchev–Trinajstić information content (AvgIpc) is 2.64. The van der Waals surface area contributed by atoms with Crippen LogP contribution in [0.3, 0.4) is 0 Å². The maximum Gasteiger partial charge on any atom is 0.232 e. The molecule has 0 radical (unpaired) electrons. The molecule has 2 aromatic rings. The van der Waals surface area contributed by atoms with Gasteiger partial charge in [0.1, 0.15) is 0 Å². The summed E-state index contributed by atoms with van der Waals surface area (Å²) in [4.78, 5) is 4.37. The lowest BCUT2D eigenvalue weighted by Gasteiger charge is -2.22. The van der Waals surface area contributed by atoms with Crippen molar-refractivity contribution in [3.63, 3.8) is 0 Å². The molecule has 1 aromatic carbocycles. The molecule has 5 heteroatoms. The monoisotopic (exact) mass is 235 g/mol. The molecule has 0 amide bonds. The van der Waals surface area contributed by atoms with Crippen molar-refractivity contribution in [2.45, 2.75) is 5.92 Å². The molecule has 1 fully saturated rings. The molecule has 1 aromatic heterocycles. The van der Waals surface area contributed by atoms with Gasteiger partial charge < -0.3 is 9.84 Å². The van der Waals surface area contributed by atoms with Crippen molar-refractivity contribution in [2.24, 2.45) is 0 Å². The van der Waals surface area contributed by atoms with E-state index in [2.05, 4.69) is 15.5 Å². The van der Waals surface area contributed by atoms with Crippen LogP contribution in [0.25, 0.3) is 11.4 Å². The lowest BCUT2D eigenvalue weighted by Crippen LogP contribution is -2.40. The van der Waals surface area contributed by atoms with Crippen molar-refractivity contribution in [3.05, 3.63) is 35.2 Å². The summed E-state index contributed by atoms with van der Waals surface area (Å²) in [6, 6.07) is 7.44. The van der Waals surface area contributed by atoms with Crippen LogP contribution in [-0.4, -0.2) is 23.2 Å². The van der Waals surface area contributed by atoms with Gasteiger partial charge in [0.25, 0.3) is 0 Å². The van der Waals surface area contributed by atoms with E-state index in [0.29, 0.717) is 22.7 Å². The molecule has 0 unspecified atom stereocenters. The fourth-order valence-electron chi connectivity index (χ4n) is 1.61. The van der Waals surface area contributed by atoms with Crippen LogP contribution in [-0.2, 0) is 0 Å². The minimum atomic E-state index is 0.362. The number of nitrogens with one attached hydrogen (secondary N) is 1. The maximum absolute atomic E-state index is 5.91. The second kappa shape index (κ2) is 3.88. The fraction of sp³-hybridized carbons (Fsp3) is 0.273. The van der Waals surface area contributed by atoms with Gasteiger partial charge in [0.2, 0.25) is 11.7 Å². The molecule has 4 nitrogen and oxygen atoms in total. The van der Waals surface area contributed by atoms with E-state index in [4.69, 9.17) is 16.1 Å². The summed E-state index contributed by atoms with van der Waals surface area (Å²) >= 11 is 5.91. The summed E-state index contributed by atoms with van der Waals surface area (Å²) < 4.78 is 5.22. The van der Waals surface area contributed by atoms with E-state index in [0.717, 1.165) is 18.7 Å². The molecule has 0 bridgehead atoms. The first-order valence-electron chi connectivity index (χ1n) is 5.13. The van der Waals surface area contributed by atoms with Gasteiger partial charge in [0.05, 0.1) is 5.92 Å². The van der Waals surface area contributed by atoms with Crippen LogP contribution in [0.2, 0.25) is 5.02 Å². The minimum Gasteiger partial charge on any atom is -0.339 e. The Labute approximate surface area is 97.6 Å². The number of nitrogens with zero attached hydrogens (tertiary/aromatic N) is 2. The van der Waals surface area contributed by atoms with E-state index in [-0.39, 0.29) is 0 Å². The SMILES string of the molecule is Clc1cccc(-c2noc(C3CNC3)n2)c1. The lowest BCUT2D eigenvalue weighted by atomic mass is 10.0. The van der Waals surface area contributed by atoms with E-state index in [1.165, 1.54) is 0 Å². The third kappa shape index (κ3) is 1.70. The molecular formula is C11H10ClN3O. The van der Waals surface area contributed by atoms with E-state index < -0.39 is 0 Å². The Kier molecular flexibility index (Phi) is 2.38. The molecule has 16 heavy (non-hydrogen) atoms. The quantitative estimate of drug-likeness (QED) is 0.866. The molecule has 1 saturated heterocycles. The third-order valence-corrected chi connectivity index (χ3v) is 2.89. The first-order chi connectivity index (χ1) is 7.83. The van der Waals surface area contributed by atoms with Crippen molar-refractivity contribution in [2.75, 3.05) is 13.1 Å². The predicted molar refractivity (Wildman–Crippen MR) is 60.4 cm³/mol. The van der Waals surface area contributed by atoms with Gasteiger partial charge >= 0.3 is 0 Å². The van der Waals surface area contributed by atoms with Gasteiger partial charge in [-0.25, -0.2) is 0 Å². The van der Waals surface area contributed by atoms with E-state index in [1.807, 2.05) is 24.3 Å². The van der Waals surface area contributed by atoms with Crippen LogP contribution in [0.15, 0.2) is 28.8 Å². The topological polar surface area (TPSA) is 51.0 Å². The van der Waals surface area contributed by atoms with Crippen LogP contribution in [0, 0.1) is 0 Å². The first-order valence-corrected chi connectivity index (χ1v) is 5.51. The van der Waals surface area contributed by atoms with Crippen LogP contribution in [0.1, 0.15) is 11.8 Å². The lowest BCUT2D eigenvalue weighted by molar-refractivity contribution is 0.308. The summed E-state index contributed by atoms with van der Waals surface area (Å²) in [5.41, 5.74) is 0.884. The number of hydrogen-bond donors (Lipinski definition) is 1. The molecular weight excluding hydrogens is 226 g/mol. The van der Waals surface area contributed by atoms with Gasteiger partial charge in [-0.3, -0.25) is 0 Å². The van der Waals surface area contributed by atoms with Gasteiger partial charge in [0, 0.05) is 23.7 Å². The molecule has 0 aliphatic carbocycles. The normalized spacial score (nSPS) is 16.1. The van der Waals surface area contributed by atoms with Crippen LogP contribution < -0.4 is 5.32 Å². The van der Waals surface area contributed by atoms with Crippen molar-refractivity contribution in [1.29, 1.82) is 0 Å². The van der Waals surface area contributed by atoms with E-state index >= 15 is 0 Å². The molecule has 0 spiro atoms. The highest BCUT2D eigenvalue weighted by Crippen LogP contribution is 2.23. The zero-order valence-corrected chi connectivity index (χ0v) is 9.24. The highest BCUT2D eigenvalue weighted by molar-refractivity contribution is 6.30. The highest BCUT2D eigenvalue weighted by atomic mass is 35.5. The molecule has 1 aliphatic heterocycles. The molecule has 0 atom stereocenters. The standard InChI is InChI=1S/C11H10ClN3O/c12-9-3-1-2-7(4-9)10-14-11(16-15-10)8-5-13-6-8/h1-4,8,13H,5-6H2. The third-order valence-electron chi connectivity index (χ3n) is 2.66.